The summed E-state index contributed by atoms with van der Waals surface area (Å²) in [6, 6.07) is 17.3. The number of benzene rings is 2. The van der Waals surface area contributed by atoms with Crippen LogP contribution < -0.4 is 10.6 Å². The Balaban J connectivity index is 1.25. The maximum absolute atomic E-state index is 12.5. The molecule has 0 spiro atoms. The maximum Gasteiger partial charge on any atom is 0.321 e. The van der Waals surface area contributed by atoms with E-state index in [0.29, 0.717) is 32.5 Å². The van der Waals surface area contributed by atoms with Crippen molar-refractivity contribution in [3.05, 3.63) is 59.6 Å². The molecule has 144 valence electrons. The van der Waals surface area contributed by atoms with Gasteiger partial charge in [0.2, 0.25) is 5.91 Å². The van der Waals surface area contributed by atoms with Crippen molar-refractivity contribution in [2.75, 3.05) is 18.4 Å². The largest absolute Gasteiger partial charge is 0.349 e. The Labute approximate surface area is 167 Å². The number of hydrogen-bond acceptors (Lipinski definition) is 4. The first-order chi connectivity index (χ1) is 13.7. The number of carbonyl (C=O) groups excluding carboxylic acids is 2. The average Bonchev–Trinajstić information content (AvgIpc) is 3.16. The van der Waals surface area contributed by atoms with Crippen molar-refractivity contribution in [2.24, 2.45) is 5.92 Å². The third-order valence-electron chi connectivity index (χ3n) is 4.93. The highest BCUT2D eigenvalue weighted by molar-refractivity contribution is 7.18. The molecule has 1 fully saturated rings. The Bertz CT molecular complexity index is 932. The summed E-state index contributed by atoms with van der Waals surface area (Å²) < 4.78 is 1.13. The lowest BCUT2D eigenvalue weighted by molar-refractivity contribution is -0.126. The number of thiazole rings is 1. The van der Waals surface area contributed by atoms with Gasteiger partial charge in [-0.2, -0.15) is 0 Å². The van der Waals surface area contributed by atoms with E-state index in [0.717, 1.165) is 20.9 Å². The molecule has 0 unspecified atom stereocenters. The predicted molar refractivity (Wildman–Crippen MR) is 111 cm³/mol. The van der Waals surface area contributed by atoms with Crippen LogP contribution >= 0.6 is 11.3 Å². The van der Waals surface area contributed by atoms with Crippen LogP contribution in [0.4, 0.5) is 10.5 Å². The molecule has 1 saturated heterocycles. The summed E-state index contributed by atoms with van der Waals surface area (Å²) in [4.78, 5) is 31.2. The van der Waals surface area contributed by atoms with E-state index in [2.05, 4.69) is 15.6 Å². The molecule has 1 aromatic heterocycles. The molecular weight excluding hydrogens is 372 g/mol. The number of piperidine rings is 1. The second-order valence-corrected chi connectivity index (χ2v) is 7.97. The number of hydrogen-bond donors (Lipinski definition) is 2. The highest BCUT2D eigenvalue weighted by atomic mass is 32.1. The van der Waals surface area contributed by atoms with Crippen LogP contribution in [0.25, 0.3) is 10.2 Å². The zero-order valence-corrected chi connectivity index (χ0v) is 16.2. The first-order valence-corrected chi connectivity index (χ1v) is 10.2. The summed E-state index contributed by atoms with van der Waals surface area (Å²) in [5.41, 5.74) is 1.75. The Kier molecular flexibility index (Phi) is 5.53. The fourth-order valence-corrected chi connectivity index (χ4v) is 4.28. The predicted octanol–water partition coefficient (Wildman–Crippen LogP) is 3.86. The molecule has 2 aromatic carbocycles. The first-order valence-electron chi connectivity index (χ1n) is 9.42. The van der Waals surface area contributed by atoms with Gasteiger partial charge in [0.1, 0.15) is 5.01 Å². The van der Waals surface area contributed by atoms with E-state index in [4.69, 9.17) is 0 Å². The number of rotatable bonds is 4. The number of likely N-dealkylation sites (tertiary alicyclic amines) is 1. The third kappa shape index (κ3) is 4.31. The number of fused-ring (bicyclic) bond motifs is 1. The molecule has 0 saturated carbocycles. The van der Waals surface area contributed by atoms with Crippen LogP contribution in [-0.2, 0) is 11.3 Å². The monoisotopic (exact) mass is 394 g/mol. The van der Waals surface area contributed by atoms with Gasteiger partial charge in [0, 0.05) is 24.7 Å². The maximum atomic E-state index is 12.5. The van der Waals surface area contributed by atoms with Crippen molar-refractivity contribution in [3.8, 4) is 0 Å². The van der Waals surface area contributed by atoms with E-state index in [1.165, 1.54) is 0 Å². The minimum atomic E-state index is -0.112. The summed E-state index contributed by atoms with van der Waals surface area (Å²) >= 11 is 1.60. The Hall–Kier alpha value is -2.93. The summed E-state index contributed by atoms with van der Waals surface area (Å²) in [6.45, 7) is 1.61. The lowest BCUT2D eigenvalue weighted by Crippen LogP contribution is -2.44. The molecule has 0 aliphatic carbocycles. The SMILES string of the molecule is O=C(NCc1nc2ccccc2s1)C1CCN(C(=O)Nc2ccccc2)CC1. The molecule has 0 radical (unpaired) electrons. The molecule has 6 nitrogen and oxygen atoms in total. The van der Waals surface area contributed by atoms with Gasteiger partial charge in [-0.15, -0.1) is 11.3 Å². The molecule has 3 aromatic rings. The normalized spacial score (nSPS) is 14.8. The second kappa shape index (κ2) is 8.39. The number of carbonyl (C=O) groups is 2. The summed E-state index contributed by atoms with van der Waals surface area (Å²) in [5, 5.41) is 6.81. The molecule has 4 rings (SSSR count). The summed E-state index contributed by atoms with van der Waals surface area (Å²) in [6.07, 6.45) is 1.35. The smallest absolute Gasteiger partial charge is 0.321 e. The molecule has 7 heteroatoms. The van der Waals surface area contributed by atoms with E-state index in [1.807, 2.05) is 54.6 Å². The van der Waals surface area contributed by atoms with Crippen molar-refractivity contribution in [2.45, 2.75) is 19.4 Å². The van der Waals surface area contributed by atoms with Gasteiger partial charge < -0.3 is 15.5 Å². The van der Waals surface area contributed by atoms with Crippen LogP contribution in [0.15, 0.2) is 54.6 Å². The van der Waals surface area contributed by atoms with Gasteiger partial charge >= 0.3 is 6.03 Å². The fraction of sp³-hybridized carbons (Fsp3) is 0.286. The van der Waals surface area contributed by atoms with Gasteiger partial charge in [-0.3, -0.25) is 4.79 Å². The van der Waals surface area contributed by atoms with Gasteiger partial charge in [0.15, 0.2) is 0 Å². The van der Waals surface area contributed by atoms with Crippen molar-refractivity contribution < 1.29 is 9.59 Å². The number of nitrogens with zero attached hydrogens (tertiary/aromatic N) is 2. The van der Waals surface area contributed by atoms with Gasteiger partial charge in [-0.05, 0) is 37.1 Å². The molecular formula is C21H22N4O2S. The number of anilines is 1. The van der Waals surface area contributed by atoms with Crippen LogP contribution in [0.3, 0.4) is 0 Å². The zero-order chi connectivity index (χ0) is 19.3. The molecule has 28 heavy (non-hydrogen) atoms. The van der Waals surface area contributed by atoms with E-state index in [-0.39, 0.29) is 17.9 Å². The van der Waals surface area contributed by atoms with Gasteiger partial charge in [-0.1, -0.05) is 30.3 Å². The number of amides is 3. The Morgan fingerprint density at radius 3 is 2.50 bits per heavy atom. The average molecular weight is 395 g/mol. The highest BCUT2D eigenvalue weighted by Gasteiger charge is 2.27. The molecule has 3 amide bonds. The van der Waals surface area contributed by atoms with Gasteiger partial charge in [0.25, 0.3) is 0 Å². The lowest BCUT2D eigenvalue weighted by atomic mass is 9.96. The quantitative estimate of drug-likeness (QED) is 0.706. The second-order valence-electron chi connectivity index (χ2n) is 6.85. The summed E-state index contributed by atoms with van der Waals surface area (Å²) in [5.74, 6) is -0.0162. The van der Waals surface area contributed by atoms with Crippen molar-refractivity contribution in [1.29, 1.82) is 0 Å². The molecule has 2 N–H and O–H groups in total. The van der Waals surface area contributed by atoms with E-state index >= 15 is 0 Å². The molecule has 0 atom stereocenters. The van der Waals surface area contributed by atoms with E-state index in [1.54, 1.807) is 16.2 Å². The Morgan fingerprint density at radius 1 is 1.04 bits per heavy atom. The van der Waals surface area contributed by atoms with Gasteiger partial charge in [-0.25, -0.2) is 9.78 Å². The number of urea groups is 1. The molecule has 1 aliphatic heterocycles. The van der Waals surface area contributed by atoms with Crippen LogP contribution in [0.1, 0.15) is 17.8 Å². The minimum Gasteiger partial charge on any atom is -0.349 e. The zero-order valence-electron chi connectivity index (χ0n) is 15.4. The topological polar surface area (TPSA) is 74.3 Å². The van der Waals surface area contributed by atoms with Crippen molar-refractivity contribution in [3.63, 3.8) is 0 Å². The van der Waals surface area contributed by atoms with Crippen LogP contribution in [0.2, 0.25) is 0 Å². The molecule has 1 aliphatic rings. The Morgan fingerprint density at radius 2 is 1.75 bits per heavy atom. The van der Waals surface area contributed by atoms with Gasteiger partial charge in [0.05, 0.1) is 16.8 Å². The number of aromatic nitrogens is 1. The highest BCUT2D eigenvalue weighted by Crippen LogP contribution is 2.22. The standard InChI is InChI=1S/C21H22N4O2S/c26-20(22-14-19-24-17-8-4-5-9-18(17)28-19)15-10-12-25(13-11-15)21(27)23-16-6-2-1-3-7-16/h1-9,15H,10-14H2,(H,22,26)(H,23,27). The number of nitrogens with one attached hydrogen (secondary N) is 2. The minimum absolute atomic E-state index is 0.0439. The lowest BCUT2D eigenvalue weighted by Gasteiger charge is -2.31. The van der Waals surface area contributed by atoms with Crippen LogP contribution in [0, 0.1) is 5.92 Å². The molecule has 2 heterocycles. The van der Waals surface area contributed by atoms with E-state index < -0.39 is 0 Å². The fourth-order valence-electron chi connectivity index (χ4n) is 3.37. The van der Waals surface area contributed by atoms with Crippen LogP contribution in [-0.4, -0.2) is 34.9 Å². The van der Waals surface area contributed by atoms with Crippen LogP contribution in [0.5, 0.6) is 0 Å². The third-order valence-corrected chi connectivity index (χ3v) is 5.97. The van der Waals surface area contributed by atoms with Crippen molar-refractivity contribution in [1.82, 2.24) is 15.2 Å². The van der Waals surface area contributed by atoms with Crippen molar-refractivity contribution >= 4 is 39.2 Å². The molecule has 0 bridgehead atoms. The first kappa shape index (κ1) is 18.4. The van der Waals surface area contributed by atoms with E-state index in [9.17, 15) is 9.59 Å². The number of para-hydroxylation sites is 2. The summed E-state index contributed by atoms with van der Waals surface area (Å²) in [7, 11) is 0.